The fourth-order valence-electron chi connectivity index (χ4n) is 1.84. The summed E-state index contributed by atoms with van der Waals surface area (Å²) in [5.41, 5.74) is 5.43. The maximum atomic E-state index is 11.9. The highest BCUT2D eigenvalue weighted by atomic mass is 16.6. The molecule has 1 aromatic carbocycles. The molecular formula is C11H11N3O4. The minimum atomic E-state index is -0.597. The maximum Gasteiger partial charge on any atom is 0.270 e. The van der Waals surface area contributed by atoms with Crippen molar-refractivity contribution in [2.24, 2.45) is 5.73 Å². The average Bonchev–Trinajstić information content (AvgIpc) is 2.59. The number of rotatable bonds is 4. The summed E-state index contributed by atoms with van der Waals surface area (Å²) >= 11 is 0. The lowest BCUT2D eigenvalue weighted by molar-refractivity contribution is -0.384. The van der Waals surface area contributed by atoms with Crippen molar-refractivity contribution in [2.45, 2.75) is 6.42 Å². The normalized spacial score (nSPS) is 13.9. The van der Waals surface area contributed by atoms with Crippen LogP contribution in [0.15, 0.2) is 18.2 Å². The topological polar surface area (TPSA) is 107 Å². The summed E-state index contributed by atoms with van der Waals surface area (Å²) in [4.78, 5) is 34.9. The number of amides is 2. The number of nitrogens with zero attached hydrogens (tertiary/aromatic N) is 2. The van der Waals surface area contributed by atoms with E-state index in [2.05, 4.69) is 0 Å². The molecule has 7 nitrogen and oxygen atoms in total. The number of hydrogen-bond acceptors (Lipinski definition) is 5. The van der Waals surface area contributed by atoms with Gasteiger partial charge < -0.3 is 5.73 Å². The molecule has 0 aromatic heterocycles. The molecule has 2 amide bonds. The number of non-ortho nitro benzene ring substituents is 1. The molecule has 1 heterocycles. The Labute approximate surface area is 102 Å². The van der Waals surface area contributed by atoms with Crippen molar-refractivity contribution in [3.63, 3.8) is 0 Å². The lowest BCUT2D eigenvalue weighted by atomic mass is 10.1. The van der Waals surface area contributed by atoms with Crippen molar-refractivity contribution in [1.82, 2.24) is 4.90 Å². The number of nitrogens with two attached hydrogens (primary N) is 1. The van der Waals surface area contributed by atoms with Gasteiger partial charge >= 0.3 is 0 Å². The highest BCUT2D eigenvalue weighted by molar-refractivity contribution is 6.21. The SMILES string of the molecule is NCCCN1C(=O)c2ccc([N+](=O)[O-])cc2C1=O. The molecule has 7 heteroatoms. The van der Waals surface area contributed by atoms with E-state index in [0.717, 1.165) is 11.0 Å². The monoisotopic (exact) mass is 249 g/mol. The van der Waals surface area contributed by atoms with Crippen LogP contribution in [0.5, 0.6) is 0 Å². The first-order valence-electron chi connectivity index (χ1n) is 5.41. The number of nitro benzene ring substituents is 1. The zero-order valence-corrected chi connectivity index (χ0v) is 9.46. The van der Waals surface area contributed by atoms with Crippen LogP contribution in [0.25, 0.3) is 0 Å². The van der Waals surface area contributed by atoms with Crippen LogP contribution >= 0.6 is 0 Å². The summed E-state index contributed by atoms with van der Waals surface area (Å²) in [5.74, 6) is -0.912. The fraction of sp³-hybridized carbons (Fsp3) is 0.273. The van der Waals surface area contributed by atoms with Gasteiger partial charge in [0.2, 0.25) is 0 Å². The number of carbonyl (C=O) groups excluding carboxylic acids is 2. The van der Waals surface area contributed by atoms with E-state index in [1.807, 2.05) is 0 Å². The Bertz CT molecular complexity index is 541. The van der Waals surface area contributed by atoms with Crippen LogP contribution in [-0.4, -0.2) is 34.7 Å². The fourth-order valence-corrected chi connectivity index (χ4v) is 1.84. The summed E-state index contributed by atoms with van der Waals surface area (Å²) in [5, 5.41) is 10.6. The average molecular weight is 249 g/mol. The summed E-state index contributed by atoms with van der Waals surface area (Å²) in [6.45, 7) is 0.601. The van der Waals surface area contributed by atoms with Gasteiger partial charge in [0.1, 0.15) is 0 Å². The third-order valence-corrected chi connectivity index (χ3v) is 2.75. The second kappa shape index (κ2) is 4.53. The zero-order chi connectivity index (χ0) is 13.3. The van der Waals surface area contributed by atoms with Crippen molar-refractivity contribution < 1.29 is 14.5 Å². The second-order valence-corrected chi connectivity index (χ2v) is 3.89. The highest BCUT2D eigenvalue weighted by Gasteiger charge is 2.36. The maximum absolute atomic E-state index is 11.9. The number of imide groups is 1. The van der Waals surface area contributed by atoms with E-state index in [1.165, 1.54) is 12.1 Å². The van der Waals surface area contributed by atoms with Crippen molar-refractivity contribution in [3.05, 3.63) is 39.4 Å². The Kier molecular flexibility index (Phi) is 3.07. The lowest BCUT2D eigenvalue weighted by Crippen LogP contribution is -2.31. The van der Waals surface area contributed by atoms with Crippen LogP contribution < -0.4 is 5.73 Å². The number of carbonyl (C=O) groups is 2. The predicted molar refractivity (Wildman–Crippen MR) is 62.1 cm³/mol. The van der Waals surface area contributed by atoms with Gasteiger partial charge in [-0.3, -0.25) is 24.6 Å². The van der Waals surface area contributed by atoms with Crippen LogP contribution in [-0.2, 0) is 0 Å². The zero-order valence-electron chi connectivity index (χ0n) is 9.46. The van der Waals surface area contributed by atoms with Gasteiger partial charge in [-0.2, -0.15) is 0 Å². The molecule has 0 saturated carbocycles. The molecule has 0 unspecified atom stereocenters. The Morgan fingerprint density at radius 2 is 1.89 bits per heavy atom. The van der Waals surface area contributed by atoms with Gasteiger partial charge in [-0.15, -0.1) is 0 Å². The third-order valence-electron chi connectivity index (χ3n) is 2.75. The molecule has 2 N–H and O–H groups in total. The summed E-state index contributed by atoms with van der Waals surface area (Å²) in [6, 6.07) is 3.67. The molecule has 0 spiro atoms. The molecule has 0 bridgehead atoms. The van der Waals surface area contributed by atoms with Crippen LogP contribution in [0.3, 0.4) is 0 Å². The Morgan fingerprint density at radius 3 is 2.50 bits per heavy atom. The van der Waals surface area contributed by atoms with Crippen molar-refractivity contribution in [3.8, 4) is 0 Å². The van der Waals surface area contributed by atoms with Crippen molar-refractivity contribution in [2.75, 3.05) is 13.1 Å². The second-order valence-electron chi connectivity index (χ2n) is 3.89. The first-order chi connectivity index (χ1) is 8.56. The summed E-state index contributed by atoms with van der Waals surface area (Å²) in [7, 11) is 0. The molecule has 0 saturated heterocycles. The Balaban J connectivity index is 2.36. The molecule has 0 aliphatic carbocycles. The number of fused-ring (bicyclic) bond motifs is 1. The molecule has 1 aliphatic heterocycles. The number of nitro groups is 1. The largest absolute Gasteiger partial charge is 0.330 e. The van der Waals surface area contributed by atoms with Crippen LogP contribution in [0.2, 0.25) is 0 Å². The summed E-state index contributed by atoms with van der Waals surface area (Å²) < 4.78 is 0. The molecule has 1 aromatic rings. The van der Waals surface area contributed by atoms with Gasteiger partial charge in [0.05, 0.1) is 16.1 Å². The van der Waals surface area contributed by atoms with E-state index in [-0.39, 0.29) is 23.4 Å². The molecule has 0 fully saturated rings. The predicted octanol–water partition coefficient (Wildman–Crippen LogP) is 0.540. The van der Waals surface area contributed by atoms with Gasteiger partial charge in [0.15, 0.2) is 0 Å². The molecule has 2 rings (SSSR count). The smallest absolute Gasteiger partial charge is 0.270 e. The Morgan fingerprint density at radius 1 is 1.22 bits per heavy atom. The van der Waals surface area contributed by atoms with Gasteiger partial charge in [-0.05, 0) is 19.0 Å². The van der Waals surface area contributed by atoms with Crippen molar-refractivity contribution >= 4 is 17.5 Å². The molecule has 18 heavy (non-hydrogen) atoms. The molecule has 0 atom stereocenters. The van der Waals surface area contributed by atoms with Crippen molar-refractivity contribution in [1.29, 1.82) is 0 Å². The summed E-state index contributed by atoms with van der Waals surface area (Å²) in [6.07, 6.45) is 0.508. The first kappa shape index (κ1) is 12.2. The molecule has 1 aliphatic rings. The Hall–Kier alpha value is -2.28. The van der Waals surface area contributed by atoms with E-state index >= 15 is 0 Å². The standard InChI is InChI=1S/C11H11N3O4/c12-4-1-5-13-10(15)8-3-2-7(14(17)18)6-9(8)11(13)16/h2-3,6H,1,4-5,12H2. The van der Waals surface area contributed by atoms with Crippen LogP contribution in [0, 0.1) is 10.1 Å². The quantitative estimate of drug-likeness (QED) is 0.476. The van der Waals surface area contributed by atoms with Gasteiger partial charge in [-0.1, -0.05) is 0 Å². The third kappa shape index (κ3) is 1.84. The van der Waals surface area contributed by atoms with E-state index in [9.17, 15) is 19.7 Å². The van der Waals surface area contributed by atoms with Gasteiger partial charge in [0.25, 0.3) is 17.5 Å². The minimum Gasteiger partial charge on any atom is -0.330 e. The lowest BCUT2D eigenvalue weighted by Gasteiger charge is -2.12. The molecule has 0 radical (unpaired) electrons. The minimum absolute atomic E-state index is 0.0891. The highest BCUT2D eigenvalue weighted by Crippen LogP contribution is 2.26. The molecular weight excluding hydrogens is 238 g/mol. The van der Waals surface area contributed by atoms with E-state index in [1.54, 1.807) is 0 Å². The number of hydrogen-bond donors (Lipinski definition) is 1. The van der Waals surface area contributed by atoms with Gasteiger partial charge in [0, 0.05) is 18.7 Å². The van der Waals surface area contributed by atoms with Crippen LogP contribution in [0.1, 0.15) is 27.1 Å². The van der Waals surface area contributed by atoms with E-state index in [4.69, 9.17) is 5.73 Å². The van der Waals surface area contributed by atoms with Crippen LogP contribution in [0.4, 0.5) is 5.69 Å². The molecule has 94 valence electrons. The first-order valence-corrected chi connectivity index (χ1v) is 5.41. The number of benzene rings is 1. The van der Waals surface area contributed by atoms with Gasteiger partial charge in [-0.25, -0.2) is 0 Å². The van der Waals surface area contributed by atoms with E-state index in [0.29, 0.717) is 13.0 Å². The van der Waals surface area contributed by atoms with E-state index < -0.39 is 16.7 Å².